The van der Waals surface area contributed by atoms with Gasteiger partial charge < -0.3 is 10.2 Å². The van der Waals surface area contributed by atoms with E-state index in [-0.39, 0.29) is 11.8 Å². The van der Waals surface area contributed by atoms with Crippen LogP contribution in [0.3, 0.4) is 0 Å². The first-order valence-electron chi connectivity index (χ1n) is 10.1. The molecule has 1 aromatic heterocycles. The SMILES string of the molecule is Cc1nccc(NC(=O)C(CC2CCCCC2)N2Cc3ccccc3C2=O)n1. The van der Waals surface area contributed by atoms with Crippen LogP contribution in [0.4, 0.5) is 5.82 Å². The normalized spacial score (nSPS) is 18.0. The molecule has 2 aromatic rings. The largest absolute Gasteiger partial charge is 0.322 e. The van der Waals surface area contributed by atoms with Crippen LogP contribution in [0.2, 0.25) is 0 Å². The number of hydrogen-bond donors (Lipinski definition) is 1. The van der Waals surface area contributed by atoms with Crippen molar-refractivity contribution in [2.24, 2.45) is 5.92 Å². The van der Waals surface area contributed by atoms with Crippen molar-refractivity contribution in [3.63, 3.8) is 0 Å². The second kappa shape index (κ2) is 8.09. The van der Waals surface area contributed by atoms with E-state index in [2.05, 4.69) is 15.3 Å². The fourth-order valence-corrected chi connectivity index (χ4v) is 4.38. The Balaban J connectivity index is 1.57. The summed E-state index contributed by atoms with van der Waals surface area (Å²) >= 11 is 0. The molecular formula is C22H26N4O2. The Bertz CT molecular complexity index is 876. The van der Waals surface area contributed by atoms with Crippen molar-refractivity contribution in [1.29, 1.82) is 0 Å². The average Bonchev–Trinajstić information content (AvgIpc) is 3.03. The van der Waals surface area contributed by atoms with Gasteiger partial charge in [-0.15, -0.1) is 0 Å². The van der Waals surface area contributed by atoms with Gasteiger partial charge in [-0.2, -0.15) is 0 Å². The highest BCUT2D eigenvalue weighted by Crippen LogP contribution is 2.32. The molecule has 28 heavy (non-hydrogen) atoms. The summed E-state index contributed by atoms with van der Waals surface area (Å²) in [4.78, 5) is 36.3. The second-order valence-corrected chi connectivity index (χ2v) is 7.82. The number of anilines is 1. The zero-order valence-electron chi connectivity index (χ0n) is 16.2. The van der Waals surface area contributed by atoms with E-state index in [0.29, 0.717) is 36.1 Å². The Morgan fingerprint density at radius 1 is 1.21 bits per heavy atom. The van der Waals surface area contributed by atoms with Gasteiger partial charge in [0.15, 0.2) is 0 Å². The Morgan fingerprint density at radius 2 is 2.00 bits per heavy atom. The van der Waals surface area contributed by atoms with Crippen molar-refractivity contribution in [2.75, 3.05) is 5.32 Å². The van der Waals surface area contributed by atoms with Crippen molar-refractivity contribution in [3.05, 3.63) is 53.5 Å². The maximum atomic E-state index is 13.2. The zero-order valence-corrected chi connectivity index (χ0v) is 16.2. The Morgan fingerprint density at radius 3 is 2.75 bits per heavy atom. The summed E-state index contributed by atoms with van der Waals surface area (Å²) in [5, 5.41) is 2.91. The van der Waals surface area contributed by atoms with Crippen LogP contribution in [0.25, 0.3) is 0 Å². The smallest absolute Gasteiger partial charge is 0.255 e. The maximum absolute atomic E-state index is 13.2. The highest BCUT2D eigenvalue weighted by atomic mass is 16.2. The summed E-state index contributed by atoms with van der Waals surface area (Å²) < 4.78 is 0. The second-order valence-electron chi connectivity index (χ2n) is 7.82. The Labute approximate surface area is 165 Å². The molecule has 1 saturated carbocycles. The third-order valence-electron chi connectivity index (χ3n) is 5.84. The van der Waals surface area contributed by atoms with Gasteiger partial charge in [0.2, 0.25) is 5.91 Å². The molecule has 2 amide bonds. The van der Waals surface area contributed by atoms with Gasteiger partial charge in [0.1, 0.15) is 17.7 Å². The van der Waals surface area contributed by atoms with Crippen molar-refractivity contribution >= 4 is 17.6 Å². The third-order valence-corrected chi connectivity index (χ3v) is 5.84. The Kier molecular flexibility index (Phi) is 5.37. The number of nitrogens with zero attached hydrogens (tertiary/aromatic N) is 3. The minimum absolute atomic E-state index is 0.0505. The van der Waals surface area contributed by atoms with Crippen LogP contribution in [0, 0.1) is 12.8 Å². The number of hydrogen-bond acceptors (Lipinski definition) is 4. The summed E-state index contributed by atoms with van der Waals surface area (Å²) in [5.41, 5.74) is 1.70. The molecule has 1 N–H and O–H groups in total. The molecule has 2 aliphatic rings. The summed E-state index contributed by atoms with van der Waals surface area (Å²) in [6, 6.07) is 8.83. The van der Waals surface area contributed by atoms with Gasteiger partial charge in [0, 0.05) is 18.3 Å². The lowest BCUT2D eigenvalue weighted by molar-refractivity contribution is -0.121. The molecule has 0 saturated heterocycles. The molecule has 6 heteroatoms. The van der Waals surface area contributed by atoms with Crippen LogP contribution in [-0.2, 0) is 11.3 Å². The molecule has 4 rings (SSSR count). The van der Waals surface area contributed by atoms with Crippen LogP contribution in [-0.4, -0.2) is 32.7 Å². The lowest BCUT2D eigenvalue weighted by Gasteiger charge is -2.31. The van der Waals surface area contributed by atoms with Gasteiger partial charge >= 0.3 is 0 Å². The number of aromatic nitrogens is 2. The molecule has 0 radical (unpaired) electrons. The van der Waals surface area contributed by atoms with Crippen LogP contribution in [0.1, 0.15) is 60.3 Å². The first-order valence-corrected chi connectivity index (χ1v) is 10.1. The van der Waals surface area contributed by atoms with E-state index in [1.165, 1.54) is 19.3 Å². The number of nitrogens with one attached hydrogen (secondary N) is 1. The van der Waals surface area contributed by atoms with Crippen LogP contribution in [0.15, 0.2) is 36.5 Å². The van der Waals surface area contributed by atoms with E-state index >= 15 is 0 Å². The number of aryl methyl sites for hydroxylation is 1. The first-order chi connectivity index (χ1) is 13.6. The topological polar surface area (TPSA) is 75.2 Å². The van der Waals surface area contributed by atoms with E-state index in [4.69, 9.17) is 0 Å². The molecule has 0 bridgehead atoms. The molecule has 1 aliphatic carbocycles. The number of carbonyl (C=O) groups is 2. The van der Waals surface area contributed by atoms with Gasteiger partial charge in [0.25, 0.3) is 5.91 Å². The molecule has 0 spiro atoms. The lowest BCUT2D eigenvalue weighted by atomic mass is 9.84. The van der Waals surface area contributed by atoms with Crippen LogP contribution >= 0.6 is 0 Å². The Hall–Kier alpha value is -2.76. The molecule has 6 nitrogen and oxygen atoms in total. The van der Waals surface area contributed by atoms with Crippen molar-refractivity contribution in [2.45, 2.75) is 58.0 Å². The van der Waals surface area contributed by atoms with E-state index in [1.54, 1.807) is 24.1 Å². The predicted octanol–water partition coefficient (Wildman–Crippen LogP) is 3.72. The van der Waals surface area contributed by atoms with Crippen molar-refractivity contribution in [1.82, 2.24) is 14.9 Å². The van der Waals surface area contributed by atoms with Gasteiger partial charge in [0.05, 0.1) is 0 Å². The average molecular weight is 378 g/mol. The predicted molar refractivity (Wildman–Crippen MR) is 107 cm³/mol. The van der Waals surface area contributed by atoms with Gasteiger partial charge in [-0.25, -0.2) is 9.97 Å². The van der Waals surface area contributed by atoms with E-state index in [1.807, 2.05) is 24.3 Å². The van der Waals surface area contributed by atoms with Gasteiger partial charge in [-0.3, -0.25) is 9.59 Å². The van der Waals surface area contributed by atoms with Crippen LogP contribution in [0.5, 0.6) is 0 Å². The molecule has 1 fully saturated rings. The monoisotopic (exact) mass is 378 g/mol. The quantitative estimate of drug-likeness (QED) is 0.860. The summed E-state index contributed by atoms with van der Waals surface area (Å²) in [7, 11) is 0. The highest BCUT2D eigenvalue weighted by molar-refractivity contribution is 6.03. The zero-order chi connectivity index (χ0) is 19.5. The molecule has 2 heterocycles. The van der Waals surface area contributed by atoms with E-state index < -0.39 is 6.04 Å². The third kappa shape index (κ3) is 3.91. The number of amides is 2. The standard InChI is InChI=1S/C22H26N4O2/c1-15-23-12-11-20(24-15)25-21(27)19(13-16-7-3-2-4-8-16)26-14-17-9-5-6-10-18(17)22(26)28/h5-6,9-12,16,19H,2-4,7-8,13-14H2,1H3,(H,23,24,25,27). The molecule has 1 aromatic carbocycles. The lowest BCUT2D eigenvalue weighted by Crippen LogP contribution is -2.45. The number of rotatable bonds is 5. The van der Waals surface area contributed by atoms with Crippen molar-refractivity contribution in [3.8, 4) is 0 Å². The molecular weight excluding hydrogens is 352 g/mol. The summed E-state index contributed by atoms with van der Waals surface area (Å²) in [5.74, 6) is 1.35. The summed E-state index contributed by atoms with van der Waals surface area (Å²) in [6.07, 6.45) is 8.27. The number of carbonyl (C=O) groups excluding carboxylic acids is 2. The van der Waals surface area contributed by atoms with Gasteiger partial charge in [-0.1, -0.05) is 50.3 Å². The maximum Gasteiger partial charge on any atom is 0.255 e. The number of benzene rings is 1. The van der Waals surface area contributed by atoms with E-state index in [9.17, 15) is 9.59 Å². The van der Waals surface area contributed by atoms with E-state index in [0.717, 1.165) is 18.4 Å². The fourth-order valence-electron chi connectivity index (χ4n) is 4.38. The first kappa shape index (κ1) is 18.6. The molecule has 146 valence electrons. The minimum Gasteiger partial charge on any atom is -0.322 e. The fraction of sp³-hybridized carbons (Fsp3) is 0.455. The molecule has 1 atom stereocenters. The molecule has 1 unspecified atom stereocenters. The van der Waals surface area contributed by atoms with Gasteiger partial charge in [-0.05, 0) is 37.0 Å². The van der Waals surface area contributed by atoms with Crippen LogP contribution < -0.4 is 5.32 Å². The molecule has 1 aliphatic heterocycles. The van der Waals surface area contributed by atoms with Crippen molar-refractivity contribution < 1.29 is 9.59 Å². The highest BCUT2D eigenvalue weighted by Gasteiger charge is 2.37. The summed E-state index contributed by atoms with van der Waals surface area (Å²) in [6.45, 7) is 2.28. The number of fused-ring (bicyclic) bond motifs is 1. The minimum atomic E-state index is -0.488.